The number of nitrogens with zero attached hydrogens (tertiary/aromatic N) is 1. The monoisotopic (exact) mass is 401 g/mol. The van der Waals surface area contributed by atoms with E-state index in [1.165, 1.54) is 4.90 Å². The lowest BCUT2D eigenvalue weighted by Gasteiger charge is -2.19. The summed E-state index contributed by atoms with van der Waals surface area (Å²) in [4.78, 5) is 38.4. The minimum Gasteiger partial charge on any atom is -0.492 e. The van der Waals surface area contributed by atoms with E-state index in [2.05, 4.69) is 0 Å². The van der Waals surface area contributed by atoms with E-state index in [-0.39, 0.29) is 31.3 Å². The number of anilines is 1. The molecule has 3 rings (SSSR count). The SMILES string of the molecule is CCOc1ccccc1N1C[C@H](C(=O)OCC(=O)c2ccc(Cl)cc2)CC1=O. The Morgan fingerprint density at radius 2 is 1.86 bits per heavy atom. The number of Topliss-reactive ketones (excluding diaryl/α,β-unsaturated/α-hetero) is 1. The van der Waals surface area contributed by atoms with Crippen LogP contribution in [0, 0.1) is 5.92 Å². The summed E-state index contributed by atoms with van der Waals surface area (Å²) in [6, 6.07) is 13.5. The largest absolute Gasteiger partial charge is 0.492 e. The van der Waals surface area contributed by atoms with Gasteiger partial charge in [0.05, 0.1) is 18.2 Å². The first-order chi connectivity index (χ1) is 13.5. The van der Waals surface area contributed by atoms with Crippen molar-refractivity contribution < 1.29 is 23.9 Å². The Kier molecular flexibility index (Phi) is 6.31. The molecule has 1 saturated heterocycles. The molecule has 1 aliphatic rings. The molecular formula is C21H20ClNO5. The Labute approximate surface area is 168 Å². The Balaban J connectivity index is 1.61. The molecule has 0 spiro atoms. The van der Waals surface area contributed by atoms with Gasteiger partial charge in [-0.25, -0.2) is 0 Å². The minimum atomic E-state index is -0.625. The van der Waals surface area contributed by atoms with Gasteiger partial charge in [-0.15, -0.1) is 0 Å². The predicted molar refractivity (Wildman–Crippen MR) is 105 cm³/mol. The fourth-order valence-electron chi connectivity index (χ4n) is 3.03. The van der Waals surface area contributed by atoms with Gasteiger partial charge in [-0.05, 0) is 43.3 Å². The van der Waals surface area contributed by atoms with Gasteiger partial charge in [0, 0.05) is 23.6 Å². The Morgan fingerprint density at radius 1 is 1.14 bits per heavy atom. The first-order valence-corrected chi connectivity index (χ1v) is 9.35. The van der Waals surface area contributed by atoms with Gasteiger partial charge in [0.2, 0.25) is 5.91 Å². The Hall–Kier alpha value is -2.86. The zero-order chi connectivity index (χ0) is 20.1. The van der Waals surface area contributed by atoms with E-state index in [4.69, 9.17) is 21.1 Å². The molecule has 0 unspecified atom stereocenters. The van der Waals surface area contributed by atoms with Crippen molar-refractivity contribution in [1.82, 2.24) is 0 Å². The lowest BCUT2D eigenvalue weighted by atomic mass is 10.1. The Bertz CT molecular complexity index is 881. The third-order valence-corrected chi connectivity index (χ3v) is 4.68. The maximum absolute atomic E-state index is 12.4. The van der Waals surface area contributed by atoms with Crippen molar-refractivity contribution in [3.05, 3.63) is 59.1 Å². The molecule has 6 nitrogen and oxygen atoms in total. The van der Waals surface area contributed by atoms with Gasteiger partial charge in [-0.2, -0.15) is 0 Å². The van der Waals surface area contributed by atoms with E-state index in [0.717, 1.165) is 0 Å². The molecule has 1 amide bonds. The number of ketones is 1. The molecule has 2 aromatic carbocycles. The number of para-hydroxylation sites is 2. The fourth-order valence-corrected chi connectivity index (χ4v) is 3.16. The van der Waals surface area contributed by atoms with E-state index in [1.54, 1.807) is 36.4 Å². The van der Waals surface area contributed by atoms with Crippen molar-refractivity contribution in [3.63, 3.8) is 0 Å². The number of hydrogen-bond donors (Lipinski definition) is 0. The van der Waals surface area contributed by atoms with E-state index < -0.39 is 11.9 Å². The number of carbonyl (C=O) groups is 3. The molecule has 2 aromatic rings. The molecule has 7 heteroatoms. The van der Waals surface area contributed by atoms with Crippen molar-refractivity contribution in [1.29, 1.82) is 0 Å². The number of benzene rings is 2. The fraction of sp³-hybridized carbons (Fsp3) is 0.286. The first kappa shape index (κ1) is 19.9. The highest BCUT2D eigenvalue weighted by Gasteiger charge is 2.37. The molecule has 1 heterocycles. The third-order valence-electron chi connectivity index (χ3n) is 4.43. The number of rotatable bonds is 7. The standard InChI is InChI=1S/C21H20ClNO5/c1-2-27-19-6-4-3-5-17(19)23-12-15(11-20(23)25)21(26)28-13-18(24)14-7-9-16(22)10-8-14/h3-10,15H,2,11-13H2,1H3/t15-/m1/s1. The molecule has 1 aliphatic heterocycles. The quantitative estimate of drug-likeness (QED) is 0.524. The summed E-state index contributed by atoms with van der Waals surface area (Å²) in [6.45, 7) is 2.15. The Morgan fingerprint density at radius 3 is 2.57 bits per heavy atom. The van der Waals surface area contributed by atoms with Crippen molar-refractivity contribution >= 4 is 34.9 Å². The number of amides is 1. The molecule has 0 radical (unpaired) electrons. The summed E-state index contributed by atoms with van der Waals surface area (Å²) in [5.41, 5.74) is 1.04. The minimum absolute atomic E-state index is 0.0361. The highest BCUT2D eigenvalue weighted by Crippen LogP contribution is 2.33. The van der Waals surface area contributed by atoms with Crippen molar-refractivity contribution in [3.8, 4) is 5.75 Å². The molecule has 1 fully saturated rings. The van der Waals surface area contributed by atoms with Crippen LogP contribution in [-0.4, -0.2) is 37.4 Å². The van der Waals surface area contributed by atoms with Crippen molar-refractivity contribution in [2.45, 2.75) is 13.3 Å². The van der Waals surface area contributed by atoms with Crippen molar-refractivity contribution in [2.75, 3.05) is 24.7 Å². The summed E-state index contributed by atoms with van der Waals surface area (Å²) in [6.07, 6.45) is 0.0361. The number of carbonyl (C=O) groups excluding carboxylic acids is 3. The van der Waals surface area contributed by atoms with Gasteiger partial charge >= 0.3 is 5.97 Å². The van der Waals surface area contributed by atoms with Crippen LogP contribution in [-0.2, 0) is 14.3 Å². The predicted octanol–water partition coefficient (Wildman–Crippen LogP) is 3.52. The molecule has 0 bridgehead atoms. The normalized spacial score (nSPS) is 16.1. The van der Waals surface area contributed by atoms with Gasteiger partial charge < -0.3 is 14.4 Å². The van der Waals surface area contributed by atoms with Crippen LogP contribution in [0.5, 0.6) is 5.75 Å². The number of ether oxygens (including phenoxy) is 2. The van der Waals surface area contributed by atoms with Crippen LogP contribution in [0.15, 0.2) is 48.5 Å². The van der Waals surface area contributed by atoms with E-state index in [0.29, 0.717) is 28.6 Å². The van der Waals surface area contributed by atoms with Crippen LogP contribution in [0.3, 0.4) is 0 Å². The molecule has 146 valence electrons. The van der Waals surface area contributed by atoms with Crippen molar-refractivity contribution in [2.24, 2.45) is 5.92 Å². The van der Waals surface area contributed by atoms with Crippen LogP contribution < -0.4 is 9.64 Å². The van der Waals surface area contributed by atoms with Gasteiger partial charge in [0.25, 0.3) is 0 Å². The van der Waals surface area contributed by atoms with E-state index in [1.807, 2.05) is 19.1 Å². The number of halogens is 1. The second-order valence-corrected chi connectivity index (χ2v) is 6.78. The molecule has 0 N–H and O–H groups in total. The van der Waals surface area contributed by atoms with Gasteiger partial charge in [0.1, 0.15) is 5.75 Å². The number of hydrogen-bond acceptors (Lipinski definition) is 5. The highest BCUT2D eigenvalue weighted by molar-refractivity contribution is 6.30. The summed E-state index contributed by atoms with van der Waals surface area (Å²) >= 11 is 5.80. The summed E-state index contributed by atoms with van der Waals surface area (Å²) < 4.78 is 10.7. The van der Waals surface area contributed by atoms with Crippen LogP contribution >= 0.6 is 11.6 Å². The second kappa shape index (κ2) is 8.89. The molecule has 0 saturated carbocycles. The summed E-state index contributed by atoms with van der Waals surface area (Å²) in [7, 11) is 0. The first-order valence-electron chi connectivity index (χ1n) is 8.97. The average molecular weight is 402 g/mol. The molecule has 28 heavy (non-hydrogen) atoms. The summed E-state index contributed by atoms with van der Waals surface area (Å²) in [5, 5.41) is 0.519. The second-order valence-electron chi connectivity index (χ2n) is 6.34. The van der Waals surface area contributed by atoms with E-state index in [9.17, 15) is 14.4 Å². The highest BCUT2D eigenvalue weighted by atomic mass is 35.5. The lowest BCUT2D eigenvalue weighted by Crippen LogP contribution is -2.27. The van der Waals surface area contributed by atoms with Gasteiger partial charge in [-0.1, -0.05) is 23.7 Å². The molecule has 0 aliphatic carbocycles. The molecule has 1 atom stereocenters. The van der Waals surface area contributed by atoms with Crippen LogP contribution in [0.25, 0.3) is 0 Å². The zero-order valence-electron chi connectivity index (χ0n) is 15.4. The molecule has 0 aromatic heterocycles. The summed E-state index contributed by atoms with van der Waals surface area (Å²) in [5.74, 6) is -1.11. The van der Waals surface area contributed by atoms with Crippen LogP contribution in [0.1, 0.15) is 23.7 Å². The maximum atomic E-state index is 12.4. The van der Waals surface area contributed by atoms with E-state index >= 15 is 0 Å². The topological polar surface area (TPSA) is 72.9 Å². The van der Waals surface area contributed by atoms with Crippen LogP contribution in [0.4, 0.5) is 5.69 Å². The van der Waals surface area contributed by atoms with Gasteiger partial charge in [-0.3, -0.25) is 14.4 Å². The van der Waals surface area contributed by atoms with Gasteiger partial charge in [0.15, 0.2) is 12.4 Å². The average Bonchev–Trinajstić information content (AvgIpc) is 3.09. The van der Waals surface area contributed by atoms with Crippen LogP contribution in [0.2, 0.25) is 5.02 Å². The number of esters is 1. The maximum Gasteiger partial charge on any atom is 0.311 e. The third kappa shape index (κ3) is 4.51. The zero-order valence-corrected chi connectivity index (χ0v) is 16.1. The lowest BCUT2D eigenvalue weighted by molar-refractivity contribution is -0.147. The smallest absolute Gasteiger partial charge is 0.311 e. The molecular weight excluding hydrogens is 382 g/mol.